The third-order valence-electron chi connectivity index (χ3n) is 3.83. The largest absolute Gasteiger partial charge is 0.263 e. The number of nitrogens with one attached hydrogen (secondary N) is 1. The summed E-state index contributed by atoms with van der Waals surface area (Å²) in [7, 11) is 0. The molecule has 0 unspecified atom stereocenters. The molecule has 1 fully saturated rings. The maximum absolute atomic E-state index is 4.57. The van der Waals surface area contributed by atoms with Gasteiger partial charge >= 0.3 is 0 Å². The summed E-state index contributed by atoms with van der Waals surface area (Å²) in [4.78, 5) is 4.57. The van der Waals surface area contributed by atoms with Crippen molar-refractivity contribution in [2.75, 3.05) is 0 Å². The Morgan fingerprint density at radius 1 is 1.11 bits per heavy atom. The molecule has 3 heteroatoms. The molecule has 3 rings (SSSR count). The minimum Gasteiger partial charge on any atom is -0.263 e. The van der Waals surface area contributed by atoms with Crippen LogP contribution in [0.15, 0.2) is 30.3 Å². The van der Waals surface area contributed by atoms with Gasteiger partial charge in [0.25, 0.3) is 0 Å². The Hall–Kier alpha value is -1.64. The highest BCUT2D eigenvalue weighted by Crippen LogP contribution is 2.28. The van der Waals surface area contributed by atoms with Gasteiger partial charge in [0.1, 0.15) is 5.82 Å². The van der Waals surface area contributed by atoms with E-state index < -0.39 is 0 Å². The number of benzene rings is 1. The molecule has 1 saturated carbocycles. The molecule has 94 valence electrons. The topological polar surface area (TPSA) is 41.6 Å². The minimum atomic E-state index is 0.817. The molecule has 3 nitrogen and oxygen atoms in total. The van der Waals surface area contributed by atoms with Crippen molar-refractivity contribution >= 4 is 0 Å². The number of aromatic nitrogens is 3. The lowest BCUT2D eigenvalue weighted by molar-refractivity contribution is 0.497. The number of aromatic amines is 1. The third kappa shape index (κ3) is 2.61. The number of rotatable bonds is 4. The van der Waals surface area contributed by atoms with Crippen molar-refractivity contribution in [3.63, 3.8) is 0 Å². The molecule has 1 N–H and O–H groups in total. The van der Waals surface area contributed by atoms with Crippen LogP contribution >= 0.6 is 0 Å². The smallest absolute Gasteiger partial charge is 0.181 e. The Labute approximate surface area is 108 Å². The van der Waals surface area contributed by atoms with Crippen molar-refractivity contribution in [3.8, 4) is 11.4 Å². The van der Waals surface area contributed by atoms with Crippen LogP contribution in [-0.2, 0) is 6.42 Å². The first-order chi connectivity index (χ1) is 8.92. The summed E-state index contributed by atoms with van der Waals surface area (Å²) in [5.74, 6) is 2.76. The van der Waals surface area contributed by atoms with E-state index in [9.17, 15) is 0 Å². The van der Waals surface area contributed by atoms with Crippen LogP contribution in [0.2, 0.25) is 0 Å². The first-order valence-electron chi connectivity index (χ1n) is 6.88. The van der Waals surface area contributed by atoms with E-state index in [1.54, 1.807) is 0 Å². The van der Waals surface area contributed by atoms with Crippen LogP contribution < -0.4 is 0 Å². The summed E-state index contributed by atoms with van der Waals surface area (Å²) < 4.78 is 0. The van der Waals surface area contributed by atoms with Gasteiger partial charge in [-0.1, -0.05) is 56.0 Å². The second-order valence-corrected chi connectivity index (χ2v) is 5.16. The van der Waals surface area contributed by atoms with Crippen LogP contribution in [0, 0.1) is 5.92 Å². The van der Waals surface area contributed by atoms with E-state index in [4.69, 9.17) is 0 Å². The van der Waals surface area contributed by atoms with E-state index in [-0.39, 0.29) is 0 Å². The average Bonchev–Trinajstić information content (AvgIpc) is 3.09. The first-order valence-corrected chi connectivity index (χ1v) is 6.88. The van der Waals surface area contributed by atoms with Crippen molar-refractivity contribution in [3.05, 3.63) is 36.2 Å². The molecular formula is C15H19N3. The molecule has 0 spiro atoms. The summed E-state index contributed by atoms with van der Waals surface area (Å²) in [5, 5.41) is 7.36. The van der Waals surface area contributed by atoms with E-state index in [1.165, 1.54) is 32.1 Å². The molecular weight excluding hydrogens is 222 g/mol. The lowest BCUT2D eigenvalue weighted by Gasteiger charge is -2.05. The van der Waals surface area contributed by atoms with Crippen LogP contribution in [0.3, 0.4) is 0 Å². The first kappa shape index (κ1) is 11.5. The van der Waals surface area contributed by atoms with Crippen molar-refractivity contribution in [1.82, 2.24) is 15.2 Å². The molecule has 0 amide bonds. The Morgan fingerprint density at radius 2 is 1.89 bits per heavy atom. The molecule has 18 heavy (non-hydrogen) atoms. The van der Waals surface area contributed by atoms with Crippen molar-refractivity contribution in [2.45, 2.75) is 38.5 Å². The maximum atomic E-state index is 4.57. The predicted octanol–water partition coefficient (Wildman–Crippen LogP) is 3.59. The van der Waals surface area contributed by atoms with Crippen molar-refractivity contribution < 1.29 is 0 Å². The standard InChI is InChI=1S/C15H19N3/c1-2-8-13(9-3-1)15-16-14(17-18-15)11-10-12-6-4-5-7-12/h1-3,8-9,12H,4-7,10-11H2,(H,16,17,18). The second kappa shape index (κ2) is 5.34. The summed E-state index contributed by atoms with van der Waals surface area (Å²) in [6.07, 6.45) is 7.92. The molecule has 0 saturated heterocycles. The number of hydrogen-bond acceptors (Lipinski definition) is 2. The summed E-state index contributed by atoms with van der Waals surface area (Å²) in [5.41, 5.74) is 1.08. The molecule has 1 aromatic heterocycles. The quantitative estimate of drug-likeness (QED) is 0.888. The predicted molar refractivity (Wildman–Crippen MR) is 72.1 cm³/mol. The van der Waals surface area contributed by atoms with E-state index in [2.05, 4.69) is 15.2 Å². The van der Waals surface area contributed by atoms with Crippen molar-refractivity contribution in [2.24, 2.45) is 5.92 Å². The molecule has 1 aliphatic rings. The van der Waals surface area contributed by atoms with Gasteiger partial charge in [-0.3, -0.25) is 5.10 Å². The van der Waals surface area contributed by atoms with E-state index in [1.807, 2.05) is 30.3 Å². The Morgan fingerprint density at radius 3 is 2.67 bits per heavy atom. The van der Waals surface area contributed by atoms with E-state index in [0.29, 0.717) is 0 Å². The van der Waals surface area contributed by atoms with Gasteiger partial charge in [0.2, 0.25) is 0 Å². The minimum absolute atomic E-state index is 0.817. The zero-order valence-electron chi connectivity index (χ0n) is 10.6. The molecule has 0 radical (unpaired) electrons. The zero-order valence-corrected chi connectivity index (χ0v) is 10.6. The Kier molecular flexibility index (Phi) is 3.40. The summed E-state index contributed by atoms with van der Waals surface area (Å²) in [6, 6.07) is 10.1. The highest BCUT2D eigenvalue weighted by atomic mass is 15.2. The van der Waals surface area contributed by atoms with Gasteiger partial charge in [-0.05, 0) is 12.3 Å². The van der Waals surface area contributed by atoms with Crippen LogP contribution in [0.5, 0.6) is 0 Å². The van der Waals surface area contributed by atoms with E-state index >= 15 is 0 Å². The second-order valence-electron chi connectivity index (χ2n) is 5.16. The lowest BCUT2D eigenvalue weighted by Crippen LogP contribution is -1.97. The highest BCUT2D eigenvalue weighted by molar-refractivity contribution is 5.53. The maximum Gasteiger partial charge on any atom is 0.181 e. The average molecular weight is 241 g/mol. The van der Waals surface area contributed by atoms with Gasteiger partial charge in [0.05, 0.1) is 0 Å². The third-order valence-corrected chi connectivity index (χ3v) is 3.83. The van der Waals surface area contributed by atoms with Gasteiger partial charge in [-0.25, -0.2) is 4.98 Å². The normalized spacial score (nSPS) is 16.2. The fourth-order valence-electron chi connectivity index (χ4n) is 2.76. The molecule has 1 aromatic carbocycles. The van der Waals surface area contributed by atoms with E-state index in [0.717, 1.165) is 29.6 Å². The monoisotopic (exact) mass is 241 g/mol. The van der Waals surface area contributed by atoms with Gasteiger partial charge in [-0.15, -0.1) is 0 Å². The van der Waals surface area contributed by atoms with Gasteiger partial charge in [0.15, 0.2) is 5.82 Å². The van der Waals surface area contributed by atoms with Crippen LogP contribution in [-0.4, -0.2) is 15.2 Å². The fourth-order valence-corrected chi connectivity index (χ4v) is 2.76. The van der Waals surface area contributed by atoms with Crippen LogP contribution in [0.25, 0.3) is 11.4 Å². The van der Waals surface area contributed by atoms with Gasteiger partial charge < -0.3 is 0 Å². The molecule has 0 aliphatic heterocycles. The van der Waals surface area contributed by atoms with Gasteiger partial charge in [-0.2, -0.15) is 5.10 Å². The lowest BCUT2D eigenvalue weighted by atomic mass is 10.0. The molecule has 1 aliphatic carbocycles. The molecule has 0 bridgehead atoms. The Bertz CT molecular complexity index is 483. The number of nitrogens with zero attached hydrogens (tertiary/aromatic N) is 2. The summed E-state index contributed by atoms with van der Waals surface area (Å²) >= 11 is 0. The number of hydrogen-bond donors (Lipinski definition) is 1. The zero-order chi connectivity index (χ0) is 12.2. The molecule has 2 aromatic rings. The van der Waals surface area contributed by atoms with Gasteiger partial charge in [0, 0.05) is 12.0 Å². The molecule has 1 heterocycles. The van der Waals surface area contributed by atoms with Crippen molar-refractivity contribution in [1.29, 1.82) is 0 Å². The van der Waals surface area contributed by atoms with Crippen LogP contribution in [0.1, 0.15) is 37.9 Å². The van der Waals surface area contributed by atoms with Crippen LogP contribution in [0.4, 0.5) is 0 Å². The Balaban J connectivity index is 1.63. The molecule has 0 atom stereocenters. The summed E-state index contributed by atoms with van der Waals surface area (Å²) in [6.45, 7) is 0. The number of aryl methyl sites for hydroxylation is 1. The highest BCUT2D eigenvalue weighted by Gasteiger charge is 2.15. The SMILES string of the molecule is c1ccc(-c2n[nH]c(CCC3CCCC3)n2)cc1. The number of H-pyrrole nitrogens is 1. The fraction of sp³-hybridized carbons (Fsp3) is 0.467.